The van der Waals surface area contributed by atoms with Gasteiger partial charge < -0.3 is 4.74 Å². The first kappa shape index (κ1) is 13.1. The summed E-state index contributed by atoms with van der Waals surface area (Å²) >= 11 is 0. The second-order valence-electron chi connectivity index (χ2n) is 4.46. The van der Waals surface area contributed by atoms with Crippen LogP contribution in [-0.2, 0) is 6.61 Å². The van der Waals surface area contributed by atoms with E-state index in [0.717, 1.165) is 11.1 Å². The highest BCUT2D eigenvalue weighted by Crippen LogP contribution is 2.13. The minimum Gasteiger partial charge on any atom is -0.460 e. The molecule has 1 aromatic carbocycles. The molecule has 0 unspecified atom stereocenters. The summed E-state index contributed by atoms with van der Waals surface area (Å²) in [6.45, 7) is 4.07. The zero-order valence-corrected chi connectivity index (χ0v) is 11.2. The maximum atomic E-state index is 11.9. The summed E-state index contributed by atoms with van der Waals surface area (Å²) < 4.78 is 5.58. The van der Waals surface area contributed by atoms with Crippen LogP contribution in [0.15, 0.2) is 54.1 Å². The van der Waals surface area contributed by atoms with Crippen molar-refractivity contribution in [3.63, 3.8) is 0 Å². The first-order valence-corrected chi connectivity index (χ1v) is 6.45. The fourth-order valence-corrected chi connectivity index (χ4v) is 2.05. The van der Waals surface area contributed by atoms with Gasteiger partial charge in [0.15, 0.2) is 0 Å². The standard InChI is InChI=1S/C16H13N3O2/c1-2-11-5-3-4-6-12(11)10-21-16-18-14-9-17-8-7-13(14)15(20)19-16/h2-9H,1,10H2,(H,18,19,20). The summed E-state index contributed by atoms with van der Waals surface area (Å²) in [4.78, 5) is 22.7. The van der Waals surface area contributed by atoms with Crippen LogP contribution in [0, 0.1) is 0 Å². The van der Waals surface area contributed by atoms with E-state index in [1.165, 1.54) is 6.20 Å². The van der Waals surface area contributed by atoms with Crippen LogP contribution in [0.4, 0.5) is 0 Å². The number of hydrogen-bond acceptors (Lipinski definition) is 4. The van der Waals surface area contributed by atoms with E-state index in [0.29, 0.717) is 17.5 Å². The third kappa shape index (κ3) is 2.67. The number of rotatable bonds is 4. The summed E-state index contributed by atoms with van der Waals surface area (Å²) in [6.07, 6.45) is 4.86. The lowest BCUT2D eigenvalue weighted by molar-refractivity contribution is 0.281. The van der Waals surface area contributed by atoms with E-state index in [4.69, 9.17) is 4.74 Å². The molecule has 2 aromatic heterocycles. The minimum atomic E-state index is -0.241. The number of H-pyrrole nitrogens is 1. The molecule has 21 heavy (non-hydrogen) atoms. The maximum absolute atomic E-state index is 11.9. The van der Waals surface area contributed by atoms with Gasteiger partial charge in [-0.2, -0.15) is 4.98 Å². The van der Waals surface area contributed by atoms with E-state index in [1.54, 1.807) is 18.3 Å². The summed E-state index contributed by atoms with van der Waals surface area (Å²) in [7, 11) is 0. The Balaban J connectivity index is 1.89. The quantitative estimate of drug-likeness (QED) is 0.797. The minimum absolute atomic E-state index is 0.180. The van der Waals surface area contributed by atoms with Crippen LogP contribution in [0.3, 0.4) is 0 Å². The highest BCUT2D eigenvalue weighted by atomic mass is 16.5. The van der Waals surface area contributed by atoms with E-state index < -0.39 is 0 Å². The number of benzene rings is 1. The van der Waals surface area contributed by atoms with Gasteiger partial charge in [-0.15, -0.1) is 0 Å². The molecular weight excluding hydrogens is 266 g/mol. The Labute approximate surface area is 121 Å². The molecule has 0 radical (unpaired) electrons. The van der Waals surface area contributed by atoms with Crippen molar-refractivity contribution in [2.45, 2.75) is 6.61 Å². The SMILES string of the molecule is C=Cc1ccccc1COc1nc2cnccc2c(=O)[nH]1. The predicted octanol–water partition coefficient (Wildman–Crippen LogP) is 2.54. The molecule has 0 bridgehead atoms. The Kier molecular flexibility index (Phi) is 3.47. The average Bonchev–Trinajstić information content (AvgIpc) is 2.53. The van der Waals surface area contributed by atoms with E-state index >= 15 is 0 Å². The topological polar surface area (TPSA) is 67.9 Å². The third-order valence-electron chi connectivity index (χ3n) is 3.13. The van der Waals surface area contributed by atoms with E-state index in [-0.39, 0.29) is 11.6 Å². The van der Waals surface area contributed by atoms with Crippen molar-refractivity contribution in [1.82, 2.24) is 15.0 Å². The number of fused-ring (bicyclic) bond motifs is 1. The van der Waals surface area contributed by atoms with Crippen LogP contribution in [-0.4, -0.2) is 15.0 Å². The molecule has 3 rings (SSSR count). The zero-order chi connectivity index (χ0) is 14.7. The third-order valence-corrected chi connectivity index (χ3v) is 3.13. The number of aromatic nitrogens is 3. The van der Waals surface area contributed by atoms with Crippen molar-refractivity contribution in [2.75, 3.05) is 0 Å². The van der Waals surface area contributed by atoms with Gasteiger partial charge in [-0.25, -0.2) is 0 Å². The fraction of sp³-hybridized carbons (Fsp3) is 0.0625. The molecule has 0 aliphatic rings. The Morgan fingerprint density at radius 3 is 3.00 bits per heavy atom. The molecule has 3 aromatic rings. The van der Waals surface area contributed by atoms with E-state index in [9.17, 15) is 4.79 Å². The van der Waals surface area contributed by atoms with Crippen molar-refractivity contribution < 1.29 is 4.74 Å². The molecule has 0 saturated heterocycles. The lowest BCUT2D eigenvalue weighted by Crippen LogP contribution is -2.11. The largest absolute Gasteiger partial charge is 0.460 e. The Morgan fingerprint density at radius 1 is 1.29 bits per heavy atom. The van der Waals surface area contributed by atoms with E-state index in [2.05, 4.69) is 21.5 Å². The average molecular weight is 279 g/mol. The van der Waals surface area contributed by atoms with Gasteiger partial charge in [-0.3, -0.25) is 14.8 Å². The van der Waals surface area contributed by atoms with Gasteiger partial charge in [0.2, 0.25) is 0 Å². The predicted molar refractivity (Wildman–Crippen MR) is 81.0 cm³/mol. The number of ether oxygens (including phenoxy) is 1. The number of aromatic amines is 1. The highest BCUT2D eigenvalue weighted by Gasteiger charge is 2.05. The molecule has 0 saturated carbocycles. The van der Waals surface area contributed by atoms with Gasteiger partial charge in [0.05, 0.1) is 17.1 Å². The molecule has 0 spiro atoms. The van der Waals surface area contributed by atoms with Crippen molar-refractivity contribution in [3.05, 3.63) is 70.8 Å². The molecule has 1 N–H and O–H groups in total. The zero-order valence-electron chi connectivity index (χ0n) is 11.2. The van der Waals surface area contributed by atoms with Crippen LogP contribution >= 0.6 is 0 Å². The van der Waals surface area contributed by atoms with Gasteiger partial charge in [-0.1, -0.05) is 36.9 Å². The molecular formula is C16H13N3O2. The Morgan fingerprint density at radius 2 is 2.14 bits per heavy atom. The first-order chi connectivity index (χ1) is 10.3. The van der Waals surface area contributed by atoms with E-state index in [1.807, 2.05) is 24.3 Å². The lowest BCUT2D eigenvalue weighted by Gasteiger charge is -2.08. The molecule has 104 valence electrons. The number of nitrogens with one attached hydrogen (secondary N) is 1. The van der Waals surface area contributed by atoms with Crippen molar-refractivity contribution in [1.29, 1.82) is 0 Å². The normalized spacial score (nSPS) is 10.5. The van der Waals surface area contributed by atoms with Crippen molar-refractivity contribution in [3.8, 4) is 6.01 Å². The smallest absolute Gasteiger partial charge is 0.297 e. The molecule has 0 aliphatic heterocycles. The first-order valence-electron chi connectivity index (χ1n) is 6.45. The van der Waals surface area contributed by atoms with Gasteiger partial charge in [0, 0.05) is 6.20 Å². The highest BCUT2D eigenvalue weighted by molar-refractivity contribution is 5.76. The summed E-state index contributed by atoms with van der Waals surface area (Å²) in [6, 6.07) is 9.55. The van der Waals surface area contributed by atoms with Crippen molar-refractivity contribution in [2.24, 2.45) is 0 Å². The molecule has 0 amide bonds. The molecule has 5 heteroatoms. The second kappa shape index (κ2) is 5.58. The van der Waals surface area contributed by atoms with Crippen LogP contribution in [0.5, 0.6) is 6.01 Å². The number of hydrogen-bond donors (Lipinski definition) is 1. The van der Waals surface area contributed by atoms with Crippen molar-refractivity contribution >= 4 is 17.0 Å². The summed E-state index contributed by atoms with van der Waals surface area (Å²) in [5.41, 5.74) is 2.23. The fourth-order valence-electron chi connectivity index (χ4n) is 2.05. The van der Waals surface area contributed by atoms with Gasteiger partial charge in [0.25, 0.3) is 11.6 Å². The molecule has 5 nitrogen and oxygen atoms in total. The summed E-state index contributed by atoms with van der Waals surface area (Å²) in [5.74, 6) is 0. The summed E-state index contributed by atoms with van der Waals surface area (Å²) in [5, 5.41) is 0.490. The van der Waals surface area contributed by atoms with Crippen LogP contribution < -0.4 is 10.3 Å². The molecule has 2 heterocycles. The van der Waals surface area contributed by atoms with Crippen LogP contribution in [0.1, 0.15) is 11.1 Å². The molecule has 0 atom stereocenters. The van der Waals surface area contributed by atoms with Gasteiger partial charge in [0.1, 0.15) is 6.61 Å². The monoisotopic (exact) mass is 279 g/mol. The number of nitrogens with zero attached hydrogens (tertiary/aromatic N) is 2. The lowest BCUT2D eigenvalue weighted by atomic mass is 10.1. The number of pyridine rings is 1. The Hall–Kier alpha value is -2.95. The van der Waals surface area contributed by atoms with Gasteiger partial charge in [-0.05, 0) is 17.2 Å². The Bertz CT molecular complexity index is 855. The maximum Gasteiger partial charge on any atom is 0.297 e. The second-order valence-corrected chi connectivity index (χ2v) is 4.46. The molecule has 0 aliphatic carbocycles. The van der Waals surface area contributed by atoms with Crippen LogP contribution in [0.25, 0.3) is 17.0 Å². The molecule has 0 fully saturated rings. The van der Waals surface area contributed by atoms with Crippen LogP contribution in [0.2, 0.25) is 0 Å². The van der Waals surface area contributed by atoms with Gasteiger partial charge >= 0.3 is 0 Å².